The molecule has 9 heteroatoms. The highest BCUT2D eigenvalue weighted by molar-refractivity contribution is 7.86. The zero-order valence-electron chi connectivity index (χ0n) is 15.3. The number of ether oxygens (including phenoxy) is 1. The van der Waals surface area contributed by atoms with Gasteiger partial charge in [-0.25, -0.2) is 9.97 Å². The summed E-state index contributed by atoms with van der Waals surface area (Å²) in [6, 6.07) is 3.89. The number of hydrogen-bond acceptors (Lipinski definition) is 6. The van der Waals surface area contributed by atoms with Crippen molar-refractivity contribution >= 4 is 10.2 Å². The first-order valence-electron chi connectivity index (χ1n) is 9.15. The topological polar surface area (TPSA) is 88.5 Å². The molecule has 0 aromatic carbocycles. The number of aryl methyl sites for hydroxylation is 1. The van der Waals surface area contributed by atoms with Gasteiger partial charge in [0.25, 0.3) is 10.2 Å². The average Bonchev–Trinajstić information content (AvgIpc) is 3.24. The van der Waals surface area contributed by atoms with E-state index in [1.165, 1.54) is 10.6 Å². The summed E-state index contributed by atoms with van der Waals surface area (Å²) < 4.78 is 34.7. The first-order valence-corrected chi connectivity index (χ1v) is 10.5. The summed E-state index contributed by atoms with van der Waals surface area (Å²) in [4.78, 5) is 12.7. The number of hydrogen-bond donors (Lipinski definition) is 0. The van der Waals surface area contributed by atoms with Crippen molar-refractivity contribution in [2.75, 3.05) is 32.8 Å². The highest BCUT2D eigenvalue weighted by Gasteiger charge is 2.36. The van der Waals surface area contributed by atoms with Crippen LogP contribution in [0.1, 0.15) is 30.3 Å². The van der Waals surface area contributed by atoms with E-state index < -0.39 is 10.2 Å². The van der Waals surface area contributed by atoms with Crippen molar-refractivity contribution in [3.05, 3.63) is 42.2 Å². The molecule has 4 heterocycles. The zero-order chi connectivity index (χ0) is 18.9. The Hall–Kier alpha value is -1.94. The molecule has 27 heavy (non-hydrogen) atoms. The van der Waals surface area contributed by atoms with Crippen LogP contribution in [0.2, 0.25) is 0 Å². The standard InChI is InChI=1S/C18H23N5O3S/c1-14-8-15(16-10-19-13-20-11-16)9-17(21-14)18-12-23(6-7-26-18)27(24,25)22-4-2-3-5-22/h8-11,13,18H,2-7,12H2,1H3/t18-/m1/s1. The molecule has 2 aliphatic rings. The van der Waals surface area contributed by atoms with Crippen LogP contribution in [0.15, 0.2) is 30.9 Å². The molecule has 1 atom stereocenters. The van der Waals surface area contributed by atoms with E-state index in [9.17, 15) is 8.42 Å². The molecule has 0 amide bonds. The second-order valence-corrected chi connectivity index (χ2v) is 8.81. The molecule has 2 aliphatic heterocycles. The first-order chi connectivity index (χ1) is 13.0. The summed E-state index contributed by atoms with van der Waals surface area (Å²) in [6.45, 7) is 4.13. The normalized spacial score (nSPS) is 22.2. The molecule has 2 aromatic heterocycles. The van der Waals surface area contributed by atoms with Gasteiger partial charge in [0.15, 0.2) is 0 Å². The van der Waals surface area contributed by atoms with Crippen LogP contribution in [0.25, 0.3) is 11.1 Å². The van der Waals surface area contributed by atoms with E-state index in [1.54, 1.807) is 16.7 Å². The van der Waals surface area contributed by atoms with Crippen LogP contribution in [0.4, 0.5) is 0 Å². The van der Waals surface area contributed by atoms with Gasteiger partial charge in [0.2, 0.25) is 0 Å². The monoisotopic (exact) mass is 389 g/mol. The fourth-order valence-electron chi connectivity index (χ4n) is 3.57. The molecule has 8 nitrogen and oxygen atoms in total. The van der Waals surface area contributed by atoms with Gasteiger partial charge in [-0.1, -0.05) is 0 Å². The Morgan fingerprint density at radius 3 is 2.52 bits per heavy atom. The third-order valence-corrected chi connectivity index (χ3v) is 6.95. The maximum atomic E-state index is 12.9. The maximum absolute atomic E-state index is 12.9. The third kappa shape index (κ3) is 3.86. The SMILES string of the molecule is Cc1cc(-c2cncnc2)cc([C@H]2CN(S(=O)(=O)N3CCCC3)CCO2)n1. The molecule has 4 rings (SSSR count). The van der Waals surface area contributed by atoms with Crippen LogP contribution in [-0.4, -0.2) is 64.8 Å². The van der Waals surface area contributed by atoms with Gasteiger partial charge < -0.3 is 4.74 Å². The average molecular weight is 389 g/mol. The number of aromatic nitrogens is 3. The van der Waals surface area contributed by atoms with Gasteiger partial charge in [0.1, 0.15) is 12.4 Å². The van der Waals surface area contributed by atoms with Gasteiger partial charge in [-0.05, 0) is 37.5 Å². The lowest BCUT2D eigenvalue weighted by Gasteiger charge is -2.34. The Labute approximate surface area is 159 Å². The quantitative estimate of drug-likeness (QED) is 0.789. The summed E-state index contributed by atoms with van der Waals surface area (Å²) in [7, 11) is -3.44. The lowest BCUT2D eigenvalue weighted by Crippen LogP contribution is -2.48. The van der Waals surface area contributed by atoms with Gasteiger partial charge >= 0.3 is 0 Å². The molecular formula is C18H23N5O3S. The molecule has 0 unspecified atom stereocenters. The Bertz CT molecular complexity index is 900. The van der Waals surface area contributed by atoms with Crippen LogP contribution in [-0.2, 0) is 14.9 Å². The van der Waals surface area contributed by atoms with Crippen molar-refractivity contribution in [3.63, 3.8) is 0 Å². The van der Waals surface area contributed by atoms with Crippen molar-refractivity contribution in [1.82, 2.24) is 23.6 Å². The van der Waals surface area contributed by atoms with E-state index >= 15 is 0 Å². The largest absolute Gasteiger partial charge is 0.369 e. The van der Waals surface area contributed by atoms with Gasteiger partial charge in [0, 0.05) is 49.8 Å². The highest BCUT2D eigenvalue weighted by atomic mass is 32.2. The van der Waals surface area contributed by atoms with Crippen LogP contribution < -0.4 is 0 Å². The Morgan fingerprint density at radius 2 is 1.78 bits per heavy atom. The molecule has 2 aromatic rings. The smallest absolute Gasteiger partial charge is 0.282 e. The Balaban J connectivity index is 1.59. The van der Waals surface area contributed by atoms with E-state index in [4.69, 9.17) is 4.74 Å². The van der Waals surface area contributed by atoms with E-state index in [1.807, 2.05) is 19.1 Å². The van der Waals surface area contributed by atoms with E-state index in [-0.39, 0.29) is 12.6 Å². The minimum absolute atomic E-state index is 0.278. The number of nitrogens with zero attached hydrogens (tertiary/aromatic N) is 5. The van der Waals surface area contributed by atoms with Gasteiger partial charge in [-0.2, -0.15) is 17.0 Å². The third-order valence-electron chi connectivity index (χ3n) is 4.94. The number of rotatable bonds is 4. The van der Waals surface area contributed by atoms with Crippen molar-refractivity contribution in [3.8, 4) is 11.1 Å². The molecular weight excluding hydrogens is 366 g/mol. The van der Waals surface area contributed by atoms with Crippen LogP contribution >= 0.6 is 0 Å². The molecule has 0 radical (unpaired) electrons. The fraction of sp³-hybridized carbons (Fsp3) is 0.500. The van der Waals surface area contributed by atoms with Gasteiger partial charge in [-0.3, -0.25) is 4.98 Å². The van der Waals surface area contributed by atoms with Gasteiger partial charge in [0.05, 0.1) is 12.3 Å². The molecule has 2 saturated heterocycles. The van der Waals surface area contributed by atoms with Crippen molar-refractivity contribution in [1.29, 1.82) is 0 Å². The van der Waals surface area contributed by atoms with Crippen molar-refractivity contribution in [2.45, 2.75) is 25.9 Å². The molecule has 0 saturated carbocycles. The number of morpholine rings is 1. The second kappa shape index (κ2) is 7.59. The molecule has 2 fully saturated rings. The summed E-state index contributed by atoms with van der Waals surface area (Å²) in [5.74, 6) is 0. The lowest BCUT2D eigenvalue weighted by atomic mass is 10.1. The van der Waals surface area contributed by atoms with E-state index in [2.05, 4.69) is 15.0 Å². The minimum atomic E-state index is -3.44. The fourth-order valence-corrected chi connectivity index (χ4v) is 5.25. The highest BCUT2D eigenvalue weighted by Crippen LogP contribution is 2.28. The minimum Gasteiger partial charge on any atom is -0.369 e. The second-order valence-electron chi connectivity index (χ2n) is 6.88. The molecule has 0 bridgehead atoms. The maximum Gasteiger partial charge on any atom is 0.282 e. The number of pyridine rings is 1. The van der Waals surface area contributed by atoms with Crippen LogP contribution in [0, 0.1) is 6.92 Å². The van der Waals surface area contributed by atoms with Crippen molar-refractivity contribution in [2.24, 2.45) is 0 Å². The van der Waals surface area contributed by atoms with E-state index in [0.29, 0.717) is 26.2 Å². The predicted molar refractivity (Wildman–Crippen MR) is 100.0 cm³/mol. The molecule has 0 aliphatic carbocycles. The molecule has 0 spiro atoms. The summed E-state index contributed by atoms with van der Waals surface area (Å²) in [5, 5.41) is 0. The van der Waals surface area contributed by atoms with E-state index in [0.717, 1.165) is 35.4 Å². The molecule has 0 N–H and O–H groups in total. The summed E-state index contributed by atoms with van der Waals surface area (Å²) >= 11 is 0. The van der Waals surface area contributed by atoms with Crippen LogP contribution in [0.5, 0.6) is 0 Å². The predicted octanol–water partition coefficient (Wildman–Crippen LogP) is 1.56. The summed E-state index contributed by atoms with van der Waals surface area (Å²) in [5.41, 5.74) is 3.41. The van der Waals surface area contributed by atoms with Gasteiger partial charge in [-0.15, -0.1) is 0 Å². The van der Waals surface area contributed by atoms with Crippen molar-refractivity contribution < 1.29 is 13.2 Å². The lowest BCUT2D eigenvalue weighted by molar-refractivity contribution is -0.00649. The summed E-state index contributed by atoms with van der Waals surface area (Å²) in [6.07, 6.45) is 6.45. The molecule has 144 valence electrons. The zero-order valence-corrected chi connectivity index (χ0v) is 16.1. The first kappa shape index (κ1) is 18.4. The Kier molecular flexibility index (Phi) is 5.18. The van der Waals surface area contributed by atoms with Crippen LogP contribution in [0.3, 0.4) is 0 Å². The Morgan fingerprint density at radius 1 is 1.04 bits per heavy atom.